The third kappa shape index (κ3) is 10.4. The normalized spacial score (nSPS) is 10.2. The van der Waals surface area contributed by atoms with E-state index in [4.69, 9.17) is 20.9 Å². The summed E-state index contributed by atoms with van der Waals surface area (Å²) in [7, 11) is 0. The van der Waals surface area contributed by atoms with Crippen LogP contribution in [0.5, 0.6) is 0 Å². The fourth-order valence-electron chi connectivity index (χ4n) is 4.05. The zero-order valence-corrected chi connectivity index (χ0v) is 25.9. The van der Waals surface area contributed by atoms with E-state index in [-0.39, 0.29) is 71.2 Å². The average molecular weight is 669 g/mol. The maximum absolute atomic E-state index is 14.2. The third-order valence-corrected chi connectivity index (χ3v) is 6.40. The second-order valence-electron chi connectivity index (χ2n) is 9.72. The van der Waals surface area contributed by atoms with Crippen molar-refractivity contribution in [1.82, 2.24) is 0 Å². The first-order valence-electron chi connectivity index (χ1n) is 14.4. The highest BCUT2D eigenvalue weighted by Gasteiger charge is 2.22. The zero-order valence-electron chi connectivity index (χ0n) is 25.9. The van der Waals surface area contributed by atoms with Gasteiger partial charge in [-0.3, -0.25) is 20.7 Å². The molecule has 4 aromatic rings. The van der Waals surface area contributed by atoms with E-state index in [1.165, 1.54) is 48.5 Å². The van der Waals surface area contributed by atoms with Crippen LogP contribution in [0.25, 0.3) is 0 Å². The third-order valence-electron chi connectivity index (χ3n) is 6.40. The fourth-order valence-corrected chi connectivity index (χ4v) is 4.05. The van der Waals surface area contributed by atoms with Crippen LogP contribution in [-0.2, 0) is 22.6 Å². The lowest BCUT2D eigenvalue weighted by molar-refractivity contribution is -0.382. The van der Waals surface area contributed by atoms with Crippen molar-refractivity contribution in [3.8, 4) is 0 Å². The molecule has 4 rings (SSSR count). The van der Waals surface area contributed by atoms with Gasteiger partial charge in [0.2, 0.25) is 0 Å². The first-order chi connectivity index (χ1) is 22.9. The lowest BCUT2D eigenvalue weighted by atomic mass is 10.1. The van der Waals surface area contributed by atoms with Gasteiger partial charge in [0.05, 0.1) is 40.9 Å². The zero-order chi connectivity index (χ0) is 35.2. The molecule has 0 aromatic heterocycles. The summed E-state index contributed by atoms with van der Waals surface area (Å²) < 4.78 is 49.4. The lowest BCUT2D eigenvalue weighted by Crippen LogP contribution is -2.15. The number of nitrogen functional groups attached to an aromatic ring is 2. The number of carbonyl (C=O) groups excluding carboxylic acids is 2. The summed E-state index contributed by atoms with van der Waals surface area (Å²) in [4.78, 5) is 33.5. The number of nitrogens with zero attached hydrogens (tertiary/aromatic N) is 1. The van der Waals surface area contributed by atoms with Gasteiger partial charge >= 0.3 is 17.9 Å². The monoisotopic (exact) mass is 668 g/mol. The molecule has 0 unspecified atom stereocenters. The van der Waals surface area contributed by atoms with Crippen LogP contribution in [0, 0.1) is 27.6 Å². The summed E-state index contributed by atoms with van der Waals surface area (Å²) in [5, 5.41) is 21.8. The van der Waals surface area contributed by atoms with Crippen LogP contribution >= 0.6 is 0 Å². The van der Waals surface area contributed by atoms with Crippen molar-refractivity contribution < 1.29 is 37.2 Å². The molecule has 16 heteroatoms. The van der Waals surface area contributed by atoms with Crippen molar-refractivity contribution >= 4 is 52.0 Å². The summed E-state index contributed by atoms with van der Waals surface area (Å²) in [5.41, 5.74) is 12.9. The number of nitrogens with two attached hydrogens (primary N) is 2. The van der Waals surface area contributed by atoms with Gasteiger partial charge in [-0.25, -0.2) is 22.8 Å². The standard InChI is InChI=1S/C16H17F2N3O2.C16H17FN4O4/c1-2-23-16(22)21-13-8-7-12(14(18)15(13)19)20-9-10-3-5-11(17)6-4-10;1-2-25-16(22)20-12-7-8-13(15(14(12)18)21(23)24)19-9-10-3-5-11(17)6-4-10/h3-8,20H,2,9,19H2,1H3,(H,21,22);3-8,19H,2,9,18H2,1H3,(H,20,22)/i18-1;. The molecule has 4 aromatic carbocycles. The fraction of sp³-hybridized carbons (Fsp3) is 0.188. The maximum Gasteiger partial charge on any atom is 0.411 e. The number of carbonyl (C=O) groups is 2. The molecule has 8 N–H and O–H groups in total. The maximum atomic E-state index is 14.2. The van der Waals surface area contributed by atoms with E-state index < -0.39 is 22.9 Å². The molecular weight excluding hydrogens is 634 g/mol. The molecule has 0 saturated heterocycles. The van der Waals surface area contributed by atoms with Crippen LogP contribution < -0.4 is 32.7 Å². The number of nitro groups is 1. The number of benzene rings is 4. The molecule has 0 heterocycles. The Morgan fingerprint density at radius 3 is 1.50 bits per heavy atom. The van der Waals surface area contributed by atoms with Crippen molar-refractivity contribution in [2.45, 2.75) is 26.9 Å². The van der Waals surface area contributed by atoms with E-state index in [1.807, 2.05) is 0 Å². The van der Waals surface area contributed by atoms with Crippen LogP contribution in [0.4, 0.5) is 62.6 Å². The van der Waals surface area contributed by atoms with Crippen molar-refractivity contribution in [3.63, 3.8) is 0 Å². The SMILES string of the molecule is CCOC(=O)Nc1ccc(NCc2ccc(F)cc2)c([18F])c1N.CCOC(=O)Nc1ccc(NCc2ccc(F)cc2)c([N+](=O)[O-])c1N. The molecule has 0 aliphatic rings. The van der Waals surface area contributed by atoms with E-state index in [0.29, 0.717) is 6.54 Å². The smallest absolute Gasteiger partial charge is 0.411 e. The first-order valence-corrected chi connectivity index (χ1v) is 14.4. The number of hydrogen-bond donors (Lipinski definition) is 6. The molecular formula is C32H34F3N7O6. The Balaban J connectivity index is 0.000000261. The molecule has 13 nitrogen and oxygen atoms in total. The van der Waals surface area contributed by atoms with E-state index in [0.717, 1.165) is 11.1 Å². The first kappa shape index (κ1) is 36.3. The topological polar surface area (TPSA) is 196 Å². The number of amides is 2. The predicted octanol–water partition coefficient (Wildman–Crippen LogP) is 7.22. The van der Waals surface area contributed by atoms with Gasteiger partial charge in [0.1, 0.15) is 23.0 Å². The second-order valence-corrected chi connectivity index (χ2v) is 9.72. The molecule has 2 amide bonds. The minimum absolute atomic E-state index is 0.0810. The highest BCUT2D eigenvalue weighted by atomic mass is 19.1. The van der Waals surface area contributed by atoms with Crippen LogP contribution in [0.3, 0.4) is 0 Å². The van der Waals surface area contributed by atoms with Crippen molar-refractivity contribution in [2.75, 3.05) is 45.9 Å². The van der Waals surface area contributed by atoms with E-state index in [9.17, 15) is 32.9 Å². The molecule has 0 bridgehead atoms. The molecule has 0 radical (unpaired) electrons. The molecule has 0 saturated carbocycles. The Labute approximate surface area is 273 Å². The summed E-state index contributed by atoms with van der Waals surface area (Å²) >= 11 is 0. The van der Waals surface area contributed by atoms with Crippen molar-refractivity contribution in [1.29, 1.82) is 0 Å². The van der Waals surface area contributed by atoms with E-state index >= 15 is 0 Å². The van der Waals surface area contributed by atoms with Crippen LogP contribution in [0.1, 0.15) is 25.0 Å². The Bertz CT molecular complexity index is 1730. The lowest BCUT2D eigenvalue weighted by Gasteiger charge is -2.13. The van der Waals surface area contributed by atoms with E-state index in [2.05, 4.69) is 21.3 Å². The largest absolute Gasteiger partial charge is 0.450 e. The van der Waals surface area contributed by atoms with Crippen molar-refractivity contribution in [2.24, 2.45) is 0 Å². The molecule has 0 fully saturated rings. The quantitative estimate of drug-likeness (QED) is 0.0539. The van der Waals surface area contributed by atoms with Gasteiger partial charge in [-0.15, -0.1) is 0 Å². The number of hydrogen-bond acceptors (Lipinski definition) is 10. The minimum Gasteiger partial charge on any atom is -0.450 e. The summed E-state index contributed by atoms with van der Waals surface area (Å²) in [6, 6.07) is 17.4. The van der Waals surface area contributed by atoms with Crippen molar-refractivity contribution in [3.05, 3.63) is 111 Å². The number of nitrogens with one attached hydrogen (secondary N) is 4. The highest BCUT2D eigenvalue weighted by Crippen LogP contribution is 2.37. The van der Waals surface area contributed by atoms with Gasteiger partial charge in [-0.05, 0) is 73.5 Å². The summed E-state index contributed by atoms with van der Waals surface area (Å²) in [6.45, 7) is 4.20. The Hall–Kier alpha value is -6.19. The summed E-state index contributed by atoms with van der Waals surface area (Å²) in [5.74, 6) is -1.38. The number of anilines is 6. The van der Waals surface area contributed by atoms with Crippen LogP contribution in [0.15, 0.2) is 72.8 Å². The Morgan fingerprint density at radius 2 is 1.06 bits per heavy atom. The number of rotatable bonds is 11. The molecule has 254 valence electrons. The minimum atomic E-state index is -0.754. The number of nitro benzene ring substituents is 1. The molecule has 48 heavy (non-hydrogen) atoms. The van der Waals surface area contributed by atoms with Gasteiger partial charge in [-0.2, -0.15) is 0 Å². The highest BCUT2D eigenvalue weighted by molar-refractivity contribution is 5.94. The van der Waals surface area contributed by atoms with Crippen LogP contribution in [-0.4, -0.2) is 30.3 Å². The van der Waals surface area contributed by atoms with Gasteiger partial charge in [0.15, 0.2) is 5.82 Å². The predicted molar refractivity (Wildman–Crippen MR) is 177 cm³/mol. The Morgan fingerprint density at radius 1 is 0.667 bits per heavy atom. The second kappa shape index (κ2) is 17.5. The van der Waals surface area contributed by atoms with Gasteiger partial charge in [0.25, 0.3) is 0 Å². The Kier molecular flexibility index (Phi) is 13.2. The number of ether oxygens (including phenoxy) is 2. The van der Waals surface area contributed by atoms with E-state index in [1.54, 1.807) is 38.1 Å². The molecule has 0 spiro atoms. The van der Waals surface area contributed by atoms with Gasteiger partial charge in [-0.1, -0.05) is 24.3 Å². The molecule has 0 atom stereocenters. The van der Waals surface area contributed by atoms with Gasteiger partial charge < -0.3 is 31.6 Å². The molecule has 0 aliphatic heterocycles. The van der Waals surface area contributed by atoms with Crippen LogP contribution in [0.2, 0.25) is 0 Å². The summed E-state index contributed by atoms with van der Waals surface area (Å²) in [6.07, 6.45) is -1.46. The average Bonchev–Trinajstić information content (AvgIpc) is 3.05. The number of halogens is 3. The molecule has 0 aliphatic carbocycles. The van der Waals surface area contributed by atoms with Gasteiger partial charge in [0, 0.05) is 13.1 Å².